The van der Waals surface area contributed by atoms with Crippen molar-refractivity contribution in [3.8, 4) is 0 Å². The van der Waals surface area contributed by atoms with E-state index in [1.165, 1.54) is 11.2 Å². The first-order chi connectivity index (χ1) is 9.78. The van der Waals surface area contributed by atoms with Crippen LogP contribution in [0.4, 0.5) is 4.79 Å². The van der Waals surface area contributed by atoms with Crippen molar-refractivity contribution in [3.05, 3.63) is 24.3 Å². The molecule has 2 rings (SSSR count). The Morgan fingerprint density at radius 2 is 1.90 bits per heavy atom. The summed E-state index contributed by atoms with van der Waals surface area (Å²) in [5, 5.41) is 9.36. The molecule has 7 nitrogen and oxygen atoms in total. The summed E-state index contributed by atoms with van der Waals surface area (Å²) in [6.45, 7) is 5.75. The van der Waals surface area contributed by atoms with Crippen molar-refractivity contribution in [2.45, 2.75) is 32.3 Å². The first-order valence-corrected chi connectivity index (χ1v) is 6.73. The minimum atomic E-state index is -0.935. The van der Waals surface area contributed by atoms with E-state index < -0.39 is 23.6 Å². The van der Waals surface area contributed by atoms with Crippen molar-refractivity contribution in [2.75, 3.05) is 13.1 Å². The average Bonchev–Trinajstić information content (AvgIpc) is 2.83. The molecule has 1 aromatic rings. The molecule has 21 heavy (non-hydrogen) atoms. The number of carbonyl (C=O) groups is 2. The van der Waals surface area contributed by atoms with Gasteiger partial charge in [0.2, 0.25) is 0 Å². The van der Waals surface area contributed by atoms with E-state index in [0.717, 1.165) is 5.56 Å². The van der Waals surface area contributed by atoms with E-state index in [0.29, 0.717) is 6.54 Å². The third-order valence-electron chi connectivity index (χ3n) is 3.30. The summed E-state index contributed by atoms with van der Waals surface area (Å²) >= 11 is 0. The Kier molecular flexibility index (Phi) is 4.11. The number of aromatic nitrogens is 2. The zero-order valence-electron chi connectivity index (χ0n) is 12.3. The number of ether oxygens (including phenoxy) is 1. The molecule has 0 saturated carbocycles. The molecule has 114 valence electrons. The number of amides is 1. The summed E-state index contributed by atoms with van der Waals surface area (Å²) in [5.41, 5.74) is 0.111. The second-order valence-corrected chi connectivity index (χ2v) is 6.11. The Balaban J connectivity index is 2.16. The maximum atomic E-state index is 12.1. The summed E-state index contributed by atoms with van der Waals surface area (Å²) in [6, 6.07) is 0. The fourth-order valence-corrected chi connectivity index (χ4v) is 2.37. The normalized spacial score (nSPS) is 22.1. The highest BCUT2D eigenvalue weighted by Crippen LogP contribution is 2.33. The predicted octanol–water partition coefficient (Wildman–Crippen LogP) is 1.51. The molecule has 2 heterocycles. The molecular formula is C14H19N3O4. The number of rotatable bonds is 2. The van der Waals surface area contributed by atoms with Gasteiger partial charge in [-0.2, -0.15) is 0 Å². The largest absolute Gasteiger partial charge is 0.481 e. The molecule has 1 saturated heterocycles. The van der Waals surface area contributed by atoms with Gasteiger partial charge in [0.15, 0.2) is 0 Å². The molecule has 1 N–H and O–H groups in total. The third-order valence-corrected chi connectivity index (χ3v) is 3.30. The minimum Gasteiger partial charge on any atom is -0.481 e. The molecular weight excluding hydrogens is 274 g/mol. The third kappa shape index (κ3) is 3.68. The summed E-state index contributed by atoms with van der Waals surface area (Å²) < 4.78 is 5.30. The lowest BCUT2D eigenvalue weighted by Gasteiger charge is -2.24. The molecule has 1 aromatic heterocycles. The van der Waals surface area contributed by atoms with Gasteiger partial charge in [0, 0.05) is 31.4 Å². The van der Waals surface area contributed by atoms with E-state index in [9.17, 15) is 14.7 Å². The van der Waals surface area contributed by atoms with Crippen molar-refractivity contribution in [2.24, 2.45) is 5.92 Å². The van der Waals surface area contributed by atoms with Crippen LogP contribution in [0.5, 0.6) is 0 Å². The molecule has 0 spiro atoms. The van der Waals surface area contributed by atoms with Gasteiger partial charge in [0.05, 0.1) is 5.92 Å². The number of hydrogen-bond donors (Lipinski definition) is 1. The quantitative estimate of drug-likeness (QED) is 0.888. The van der Waals surface area contributed by atoms with Gasteiger partial charge in [-0.05, 0) is 26.3 Å². The van der Waals surface area contributed by atoms with Crippen molar-refractivity contribution < 1.29 is 19.4 Å². The lowest BCUT2D eigenvalue weighted by Crippen LogP contribution is -2.35. The van der Waals surface area contributed by atoms with Crippen molar-refractivity contribution in [1.29, 1.82) is 0 Å². The zero-order valence-corrected chi connectivity index (χ0v) is 12.3. The maximum Gasteiger partial charge on any atom is 0.410 e. The van der Waals surface area contributed by atoms with Gasteiger partial charge in [-0.3, -0.25) is 4.79 Å². The summed E-state index contributed by atoms with van der Waals surface area (Å²) in [4.78, 5) is 32.8. The molecule has 2 atom stereocenters. The topological polar surface area (TPSA) is 92.6 Å². The van der Waals surface area contributed by atoms with Gasteiger partial charge in [0.1, 0.15) is 11.9 Å². The Bertz CT molecular complexity index is 527. The van der Waals surface area contributed by atoms with Crippen LogP contribution in [0.25, 0.3) is 0 Å². The van der Waals surface area contributed by atoms with Gasteiger partial charge < -0.3 is 14.7 Å². The molecule has 7 heteroatoms. The highest BCUT2D eigenvalue weighted by atomic mass is 16.6. The van der Waals surface area contributed by atoms with Gasteiger partial charge >= 0.3 is 12.1 Å². The molecule has 1 fully saturated rings. The molecule has 0 aromatic carbocycles. The summed E-state index contributed by atoms with van der Waals surface area (Å²) in [5.74, 6) is -1.94. The number of aliphatic carboxylic acids is 1. The van der Waals surface area contributed by atoms with Crippen LogP contribution >= 0.6 is 0 Å². The van der Waals surface area contributed by atoms with Crippen LogP contribution in [0.2, 0.25) is 0 Å². The van der Waals surface area contributed by atoms with E-state index in [1.54, 1.807) is 33.2 Å². The van der Waals surface area contributed by atoms with Crippen molar-refractivity contribution in [1.82, 2.24) is 14.9 Å². The number of carbonyl (C=O) groups excluding carboxylic acids is 1. The van der Waals surface area contributed by atoms with Crippen LogP contribution in [0.3, 0.4) is 0 Å². The predicted molar refractivity (Wildman–Crippen MR) is 73.7 cm³/mol. The molecule has 0 bridgehead atoms. The van der Waals surface area contributed by atoms with Crippen LogP contribution in [0.15, 0.2) is 18.7 Å². The van der Waals surface area contributed by atoms with Gasteiger partial charge in [0.25, 0.3) is 0 Å². The van der Waals surface area contributed by atoms with Crippen LogP contribution in [-0.4, -0.2) is 50.7 Å². The Morgan fingerprint density at radius 1 is 1.29 bits per heavy atom. The van der Waals surface area contributed by atoms with Crippen LogP contribution in [-0.2, 0) is 9.53 Å². The standard InChI is InChI=1S/C14H19N3O4/c1-14(2,3)21-13(20)17-6-10(11(7-17)12(18)19)9-4-15-8-16-5-9/h4-5,8,10-11H,6-7H2,1-3H3,(H,18,19)/t10?,11-/m1/s1. The van der Waals surface area contributed by atoms with E-state index in [-0.39, 0.29) is 12.5 Å². The first kappa shape index (κ1) is 15.2. The second-order valence-electron chi connectivity index (χ2n) is 6.11. The minimum absolute atomic E-state index is 0.129. The number of hydrogen-bond acceptors (Lipinski definition) is 5. The number of nitrogens with zero attached hydrogens (tertiary/aromatic N) is 3. The smallest absolute Gasteiger partial charge is 0.410 e. The highest BCUT2D eigenvalue weighted by molar-refractivity contribution is 5.75. The van der Waals surface area contributed by atoms with E-state index in [1.807, 2.05) is 0 Å². The van der Waals surface area contributed by atoms with Crippen LogP contribution in [0, 0.1) is 5.92 Å². The van der Waals surface area contributed by atoms with Crippen LogP contribution in [0.1, 0.15) is 32.3 Å². The first-order valence-electron chi connectivity index (χ1n) is 6.73. The van der Waals surface area contributed by atoms with Gasteiger partial charge in [-0.1, -0.05) is 0 Å². The number of likely N-dealkylation sites (tertiary alicyclic amines) is 1. The molecule has 1 aliphatic heterocycles. The Labute approximate surface area is 123 Å². The SMILES string of the molecule is CC(C)(C)OC(=O)N1CC(c2cncnc2)[C@H](C(=O)O)C1. The molecule has 1 amide bonds. The van der Waals surface area contributed by atoms with Crippen molar-refractivity contribution in [3.63, 3.8) is 0 Å². The fraction of sp³-hybridized carbons (Fsp3) is 0.571. The van der Waals surface area contributed by atoms with Crippen molar-refractivity contribution >= 4 is 12.1 Å². The van der Waals surface area contributed by atoms with Gasteiger partial charge in [-0.15, -0.1) is 0 Å². The Morgan fingerprint density at radius 3 is 2.43 bits per heavy atom. The van der Waals surface area contributed by atoms with E-state index in [2.05, 4.69) is 9.97 Å². The number of carboxylic acids is 1. The highest BCUT2D eigenvalue weighted by Gasteiger charge is 2.42. The summed E-state index contributed by atoms with van der Waals surface area (Å²) in [6.07, 6.45) is 4.08. The second kappa shape index (κ2) is 5.67. The Hall–Kier alpha value is -2.18. The van der Waals surface area contributed by atoms with E-state index in [4.69, 9.17) is 4.74 Å². The fourth-order valence-electron chi connectivity index (χ4n) is 2.37. The molecule has 1 aliphatic rings. The maximum absolute atomic E-state index is 12.1. The molecule has 1 unspecified atom stereocenters. The lowest BCUT2D eigenvalue weighted by atomic mass is 9.91. The van der Waals surface area contributed by atoms with Crippen LogP contribution < -0.4 is 0 Å². The van der Waals surface area contributed by atoms with E-state index >= 15 is 0 Å². The zero-order chi connectivity index (χ0) is 15.6. The lowest BCUT2D eigenvalue weighted by molar-refractivity contribution is -0.141. The monoisotopic (exact) mass is 293 g/mol. The van der Waals surface area contributed by atoms with Gasteiger partial charge in [-0.25, -0.2) is 14.8 Å². The number of carboxylic acid groups (broad SMARTS) is 1. The summed E-state index contributed by atoms with van der Waals surface area (Å²) in [7, 11) is 0. The average molecular weight is 293 g/mol. The molecule has 0 aliphatic carbocycles. The molecule has 0 radical (unpaired) electrons.